The minimum Gasteiger partial charge on any atom is -0.422 e. The summed E-state index contributed by atoms with van der Waals surface area (Å²) in [6.07, 6.45) is 2.63. The van der Waals surface area contributed by atoms with Gasteiger partial charge in [0.05, 0.1) is 30.2 Å². The number of carbonyl (C=O) groups is 4. The molecule has 0 aliphatic carbocycles. The number of pyridine rings is 1. The van der Waals surface area contributed by atoms with Gasteiger partial charge in [-0.25, -0.2) is 0 Å². The second-order valence-electron chi connectivity index (χ2n) is 6.93. The lowest BCUT2D eigenvalue weighted by Crippen LogP contribution is -2.52. The molecule has 146 valence electrons. The maximum atomic E-state index is 13.2. The highest BCUT2D eigenvalue weighted by Gasteiger charge is 2.71. The molecular weight excluding hydrogens is 368 g/mol. The second kappa shape index (κ2) is 6.52. The van der Waals surface area contributed by atoms with Gasteiger partial charge in [-0.05, 0) is 18.2 Å². The van der Waals surface area contributed by atoms with E-state index in [9.17, 15) is 19.2 Å². The predicted molar refractivity (Wildman–Crippen MR) is 90.8 cm³/mol. The molecule has 1 aromatic heterocycles. The largest absolute Gasteiger partial charge is 0.422 e. The van der Waals surface area contributed by atoms with Crippen molar-refractivity contribution in [3.05, 3.63) is 42.2 Å². The summed E-state index contributed by atoms with van der Waals surface area (Å²) in [5, 5.41) is 0. The molecule has 4 heterocycles. The van der Waals surface area contributed by atoms with Gasteiger partial charge in [0.15, 0.2) is 5.60 Å². The molecule has 3 aliphatic heterocycles. The molecule has 0 saturated carbocycles. The third-order valence-corrected chi connectivity index (χ3v) is 5.13. The van der Waals surface area contributed by atoms with Crippen LogP contribution in [-0.4, -0.2) is 51.6 Å². The molecule has 2 saturated heterocycles. The van der Waals surface area contributed by atoms with E-state index in [-0.39, 0.29) is 12.5 Å². The van der Waals surface area contributed by atoms with Crippen molar-refractivity contribution in [3.8, 4) is 0 Å². The number of likely N-dealkylation sites (tertiary alicyclic amines) is 1. The number of hydrogen-bond donors (Lipinski definition) is 0. The fourth-order valence-corrected chi connectivity index (χ4v) is 4.09. The first-order valence-electron chi connectivity index (χ1n) is 8.80. The number of hydrogen-bond acceptors (Lipinski definition) is 8. The Kier molecular flexibility index (Phi) is 4.26. The molecule has 1 aromatic rings. The number of rotatable bonds is 5. The second-order valence-corrected chi connectivity index (χ2v) is 6.93. The predicted octanol–water partition coefficient (Wildman–Crippen LogP) is 0.342. The van der Waals surface area contributed by atoms with Gasteiger partial charge >= 0.3 is 11.9 Å². The van der Waals surface area contributed by atoms with E-state index in [4.69, 9.17) is 14.2 Å². The van der Waals surface area contributed by atoms with Crippen molar-refractivity contribution >= 4 is 23.8 Å². The zero-order valence-electron chi connectivity index (χ0n) is 15.2. The van der Waals surface area contributed by atoms with Crippen molar-refractivity contribution in [2.75, 3.05) is 0 Å². The van der Waals surface area contributed by atoms with Gasteiger partial charge in [0, 0.05) is 20.0 Å². The number of imide groups is 1. The maximum absolute atomic E-state index is 13.2. The highest BCUT2D eigenvalue weighted by molar-refractivity contribution is 6.07. The molecule has 0 unspecified atom stereocenters. The first-order chi connectivity index (χ1) is 13.3. The van der Waals surface area contributed by atoms with Gasteiger partial charge in [0.25, 0.3) is 6.29 Å². The molecular formula is C19H18N2O7. The summed E-state index contributed by atoms with van der Waals surface area (Å²) < 4.78 is 16.2. The SMILES string of the molecule is CC(=O)OC(OC(C)=O)[C@@]12C=C[C@@H](O1)[C@H]1C(=O)N(Cc3ccccn3)C(=O)[C@@H]12. The van der Waals surface area contributed by atoms with Gasteiger partial charge < -0.3 is 14.2 Å². The molecule has 0 radical (unpaired) electrons. The average molecular weight is 386 g/mol. The normalized spacial score (nSPS) is 30.1. The lowest BCUT2D eigenvalue weighted by Gasteiger charge is -2.34. The molecule has 4 atom stereocenters. The minimum atomic E-state index is -1.53. The topological polar surface area (TPSA) is 112 Å². The lowest BCUT2D eigenvalue weighted by molar-refractivity contribution is -0.227. The smallest absolute Gasteiger partial charge is 0.305 e. The van der Waals surface area contributed by atoms with E-state index in [0.29, 0.717) is 5.69 Å². The van der Waals surface area contributed by atoms with Crippen LogP contribution in [0.3, 0.4) is 0 Å². The van der Waals surface area contributed by atoms with Crippen molar-refractivity contribution in [2.24, 2.45) is 11.8 Å². The zero-order valence-corrected chi connectivity index (χ0v) is 15.2. The zero-order chi connectivity index (χ0) is 20.1. The van der Waals surface area contributed by atoms with Gasteiger partial charge in [0.1, 0.15) is 0 Å². The summed E-state index contributed by atoms with van der Waals surface area (Å²) in [6, 6.07) is 5.22. The van der Waals surface area contributed by atoms with Crippen molar-refractivity contribution in [3.63, 3.8) is 0 Å². The maximum Gasteiger partial charge on any atom is 0.305 e. The quantitative estimate of drug-likeness (QED) is 0.308. The number of amides is 2. The Morgan fingerprint density at radius 1 is 1.21 bits per heavy atom. The summed E-state index contributed by atoms with van der Waals surface area (Å²) >= 11 is 0. The Hall–Kier alpha value is -3.07. The van der Waals surface area contributed by atoms with Gasteiger partial charge in [0.2, 0.25) is 11.8 Å². The van der Waals surface area contributed by atoms with E-state index in [1.807, 2.05) is 0 Å². The third kappa shape index (κ3) is 2.70. The number of aromatic nitrogens is 1. The number of fused-ring (bicyclic) bond motifs is 5. The Bertz CT molecular complexity index is 868. The summed E-state index contributed by atoms with van der Waals surface area (Å²) in [4.78, 5) is 54.5. The van der Waals surface area contributed by atoms with E-state index in [1.54, 1.807) is 36.5 Å². The molecule has 9 nitrogen and oxygen atoms in total. The van der Waals surface area contributed by atoms with Gasteiger partial charge in [-0.15, -0.1) is 0 Å². The van der Waals surface area contributed by atoms with Crippen molar-refractivity contribution in [1.29, 1.82) is 0 Å². The molecule has 2 bridgehead atoms. The number of carbonyl (C=O) groups excluding carboxylic acids is 4. The highest BCUT2D eigenvalue weighted by atomic mass is 16.7. The van der Waals surface area contributed by atoms with Crippen molar-refractivity contribution in [1.82, 2.24) is 9.88 Å². The fourth-order valence-electron chi connectivity index (χ4n) is 4.09. The Morgan fingerprint density at radius 2 is 1.93 bits per heavy atom. The standard InChI is InChI=1S/C19H18N2O7/c1-10(22)26-18(27-11(2)23)19-7-6-13(28-19)14-15(19)17(25)21(16(14)24)9-12-5-3-4-8-20-12/h3-8,13-15,18H,9H2,1-2H3/t13-,14-,15-,19+/m1/s1. The van der Waals surface area contributed by atoms with Crippen LogP contribution in [0, 0.1) is 11.8 Å². The fraction of sp³-hybridized carbons (Fsp3) is 0.421. The van der Waals surface area contributed by atoms with Gasteiger partial charge in [-0.1, -0.05) is 12.1 Å². The lowest BCUT2D eigenvalue weighted by atomic mass is 9.76. The molecule has 9 heteroatoms. The summed E-state index contributed by atoms with van der Waals surface area (Å²) in [5.74, 6) is -3.99. The Morgan fingerprint density at radius 3 is 2.54 bits per heavy atom. The molecule has 3 aliphatic rings. The van der Waals surface area contributed by atoms with Crippen molar-refractivity contribution in [2.45, 2.75) is 38.4 Å². The third-order valence-electron chi connectivity index (χ3n) is 5.13. The summed E-state index contributed by atoms with van der Waals surface area (Å²) in [6.45, 7) is 2.34. The van der Waals surface area contributed by atoms with E-state index in [0.717, 1.165) is 18.7 Å². The number of ether oxygens (including phenoxy) is 3. The molecule has 0 aromatic carbocycles. The van der Waals surface area contributed by atoms with Crippen LogP contribution in [0.25, 0.3) is 0 Å². The van der Waals surface area contributed by atoms with Crippen LogP contribution in [0.15, 0.2) is 36.5 Å². The van der Waals surface area contributed by atoms with Crippen LogP contribution < -0.4 is 0 Å². The van der Waals surface area contributed by atoms with Crippen LogP contribution >= 0.6 is 0 Å². The Labute approximate surface area is 160 Å². The molecule has 4 rings (SSSR count). The number of nitrogens with zero attached hydrogens (tertiary/aromatic N) is 2. The first kappa shape index (κ1) is 18.3. The van der Waals surface area contributed by atoms with Crippen LogP contribution in [-0.2, 0) is 39.9 Å². The van der Waals surface area contributed by atoms with E-state index in [2.05, 4.69) is 4.98 Å². The molecule has 0 spiro atoms. The van der Waals surface area contributed by atoms with E-state index in [1.165, 1.54) is 0 Å². The molecule has 28 heavy (non-hydrogen) atoms. The van der Waals surface area contributed by atoms with Crippen LogP contribution in [0.2, 0.25) is 0 Å². The number of esters is 2. The summed E-state index contributed by atoms with van der Waals surface area (Å²) in [7, 11) is 0. The van der Waals surface area contributed by atoms with E-state index >= 15 is 0 Å². The van der Waals surface area contributed by atoms with Crippen LogP contribution in [0.4, 0.5) is 0 Å². The Balaban J connectivity index is 1.67. The minimum absolute atomic E-state index is 0.0279. The monoisotopic (exact) mass is 386 g/mol. The van der Waals surface area contributed by atoms with Gasteiger partial charge in [-0.2, -0.15) is 0 Å². The van der Waals surface area contributed by atoms with Crippen LogP contribution in [0.1, 0.15) is 19.5 Å². The van der Waals surface area contributed by atoms with Gasteiger partial charge in [-0.3, -0.25) is 29.1 Å². The van der Waals surface area contributed by atoms with Crippen molar-refractivity contribution < 1.29 is 33.4 Å². The molecule has 2 amide bonds. The molecule has 2 fully saturated rings. The first-order valence-corrected chi connectivity index (χ1v) is 8.80. The molecule has 0 N–H and O–H groups in total. The van der Waals surface area contributed by atoms with Crippen LogP contribution in [0.5, 0.6) is 0 Å². The summed E-state index contributed by atoms with van der Waals surface area (Å²) in [5.41, 5.74) is -0.964. The average Bonchev–Trinajstić information content (AvgIpc) is 3.29. The van der Waals surface area contributed by atoms with E-state index < -0.39 is 47.7 Å². The highest BCUT2D eigenvalue weighted by Crippen LogP contribution is 2.54.